The fraction of sp³-hybridized carbons (Fsp3) is 0.440. The van der Waals surface area contributed by atoms with E-state index in [4.69, 9.17) is 0 Å². The lowest BCUT2D eigenvalue weighted by atomic mass is 9.97. The summed E-state index contributed by atoms with van der Waals surface area (Å²) in [5, 5.41) is 3.02. The van der Waals surface area contributed by atoms with Gasteiger partial charge in [-0.3, -0.25) is 9.59 Å². The van der Waals surface area contributed by atoms with E-state index in [1.54, 1.807) is 23.1 Å². The number of rotatable bonds is 5. The maximum Gasteiger partial charge on any atom is 0.243 e. The summed E-state index contributed by atoms with van der Waals surface area (Å²) in [6.45, 7) is 6.15. The maximum atomic E-state index is 13.3. The summed E-state index contributed by atoms with van der Waals surface area (Å²) in [6.07, 6.45) is 2.44. The third-order valence-corrected chi connectivity index (χ3v) is 8.62. The van der Waals surface area contributed by atoms with E-state index in [1.165, 1.54) is 11.2 Å². The first kappa shape index (κ1) is 23.4. The first-order valence-corrected chi connectivity index (χ1v) is 13.0. The van der Waals surface area contributed by atoms with E-state index in [9.17, 15) is 18.0 Å². The molecule has 1 saturated heterocycles. The van der Waals surface area contributed by atoms with Crippen molar-refractivity contribution in [1.29, 1.82) is 0 Å². The van der Waals surface area contributed by atoms with Gasteiger partial charge in [-0.15, -0.1) is 0 Å². The van der Waals surface area contributed by atoms with Gasteiger partial charge in [0.2, 0.25) is 21.8 Å². The van der Waals surface area contributed by atoms with Crippen LogP contribution in [0.1, 0.15) is 44.7 Å². The van der Waals surface area contributed by atoms with E-state index >= 15 is 0 Å². The van der Waals surface area contributed by atoms with Crippen molar-refractivity contribution in [2.75, 3.05) is 23.3 Å². The number of hydrogen-bond donors (Lipinski definition) is 1. The molecule has 0 saturated carbocycles. The molecule has 0 bridgehead atoms. The summed E-state index contributed by atoms with van der Waals surface area (Å²) >= 11 is 0. The molecule has 2 amide bonds. The number of aryl methyl sites for hydroxylation is 1. The fourth-order valence-corrected chi connectivity index (χ4v) is 6.46. The second kappa shape index (κ2) is 9.27. The van der Waals surface area contributed by atoms with Crippen LogP contribution in [0.5, 0.6) is 0 Å². The second-order valence-electron chi connectivity index (χ2n) is 8.91. The van der Waals surface area contributed by atoms with Crippen LogP contribution in [0.3, 0.4) is 0 Å². The Kier molecular flexibility index (Phi) is 6.59. The Hall–Kier alpha value is -2.71. The van der Waals surface area contributed by atoms with Crippen molar-refractivity contribution in [2.24, 2.45) is 5.92 Å². The molecule has 2 aromatic carbocycles. The van der Waals surface area contributed by atoms with Crippen molar-refractivity contribution >= 4 is 33.2 Å². The molecule has 1 N–H and O–H groups in total. The van der Waals surface area contributed by atoms with E-state index < -0.39 is 10.0 Å². The molecule has 2 heterocycles. The van der Waals surface area contributed by atoms with Crippen LogP contribution in [0, 0.1) is 5.92 Å². The highest BCUT2D eigenvalue weighted by Gasteiger charge is 2.34. The maximum absolute atomic E-state index is 13.3. The molecule has 0 unspecified atom stereocenters. The molecule has 1 fully saturated rings. The van der Waals surface area contributed by atoms with E-state index in [0.29, 0.717) is 32.4 Å². The Labute approximate surface area is 195 Å². The van der Waals surface area contributed by atoms with Crippen molar-refractivity contribution in [1.82, 2.24) is 4.31 Å². The fourth-order valence-electron chi connectivity index (χ4n) is 4.94. The van der Waals surface area contributed by atoms with Crippen LogP contribution in [-0.4, -0.2) is 43.7 Å². The average molecular weight is 470 g/mol. The van der Waals surface area contributed by atoms with Gasteiger partial charge in [0.15, 0.2) is 0 Å². The zero-order valence-electron chi connectivity index (χ0n) is 19.4. The molecular weight excluding hydrogens is 438 g/mol. The lowest BCUT2D eigenvalue weighted by Gasteiger charge is -2.31. The van der Waals surface area contributed by atoms with Gasteiger partial charge in [-0.25, -0.2) is 8.42 Å². The summed E-state index contributed by atoms with van der Waals surface area (Å²) < 4.78 is 28.0. The molecule has 33 heavy (non-hydrogen) atoms. The summed E-state index contributed by atoms with van der Waals surface area (Å²) in [4.78, 5) is 26.7. The van der Waals surface area contributed by atoms with Crippen LogP contribution in [0.2, 0.25) is 0 Å². The van der Waals surface area contributed by atoms with Crippen LogP contribution >= 0.6 is 0 Å². The van der Waals surface area contributed by atoms with Gasteiger partial charge in [0.25, 0.3) is 0 Å². The number of anilines is 2. The van der Waals surface area contributed by atoms with Crippen molar-refractivity contribution in [3.63, 3.8) is 0 Å². The molecular formula is C25H31N3O4S. The lowest BCUT2D eigenvalue weighted by molar-refractivity contribution is -0.121. The van der Waals surface area contributed by atoms with E-state index in [2.05, 4.69) is 5.32 Å². The van der Waals surface area contributed by atoms with Gasteiger partial charge in [0, 0.05) is 43.3 Å². The van der Waals surface area contributed by atoms with Crippen LogP contribution in [0.15, 0.2) is 47.4 Å². The molecule has 0 aromatic heterocycles. The third kappa shape index (κ3) is 4.54. The number of carbonyl (C=O) groups is 2. The molecule has 2 aromatic rings. The Balaban J connectivity index is 1.43. The minimum absolute atomic E-state index is 0.0163. The highest BCUT2D eigenvalue weighted by molar-refractivity contribution is 7.89. The van der Waals surface area contributed by atoms with Crippen molar-refractivity contribution in [3.05, 3.63) is 53.6 Å². The van der Waals surface area contributed by atoms with Crippen LogP contribution in [0.25, 0.3) is 0 Å². The molecule has 2 aliphatic heterocycles. The average Bonchev–Trinajstić information content (AvgIpc) is 3.14. The number of fused-ring (bicyclic) bond motifs is 1. The Morgan fingerprint density at radius 3 is 2.45 bits per heavy atom. The van der Waals surface area contributed by atoms with E-state index in [-0.39, 0.29) is 28.7 Å². The lowest BCUT2D eigenvalue weighted by Crippen LogP contribution is -2.41. The van der Waals surface area contributed by atoms with E-state index in [1.807, 2.05) is 38.1 Å². The summed E-state index contributed by atoms with van der Waals surface area (Å²) in [6, 6.07) is 12.8. The summed E-state index contributed by atoms with van der Waals surface area (Å²) in [7, 11) is -3.66. The Morgan fingerprint density at radius 1 is 1.09 bits per heavy atom. The summed E-state index contributed by atoms with van der Waals surface area (Å²) in [5.41, 5.74) is 3.58. The third-order valence-electron chi connectivity index (χ3n) is 6.72. The summed E-state index contributed by atoms with van der Waals surface area (Å²) in [5.74, 6) is -0.311. The zero-order valence-corrected chi connectivity index (χ0v) is 20.2. The molecule has 0 spiro atoms. The number of hydrogen-bond acceptors (Lipinski definition) is 4. The first-order chi connectivity index (χ1) is 15.7. The molecule has 0 aliphatic carbocycles. The van der Waals surface area contributed by atoms with Crippen molar-refractivity contribution in [2.45, 2.75) is 57.4 Å². The number of sulfonamides is 1. The largest absolute Gasteiger partial charge is 0.326 e. The molecule has 0 radical (unpaired) electrons. The predicted octanol–water partition coefficient (Wildman–Crippen LogP) is 3.59. The van der Waals surface area contributed by atoms with Crippen LogP contribution in [0.4, 0.5) is 11.4 Å². The monoisotopic (exact) mass is 469 g/mol. The molecule has 8 heteroatoms. The minimum Gasteiger partial charge on any atom is -0.326 e. The van der Waals surface area contributed by atoms with Gasteiger partial charge in [-0.05, 0) is 68.0 Å². The molecule has 1 atom stereocenters. The number of nitrogens with zero attached hydrogens (tertiary/aromatic N) is 2. The first-order valence-electron chi connectivity index (χ1n) is 11.5. The predicted molar refractivity (Wildman–Crippen MR) is 129 cm³/mol. The SMILES string of the molecule is CCc1ccccc1NC(=O)C1CCN(S(=O)(=O)c2ccc3c(c2)C[C@@H](C)N3C(C)=O)CC1. The zero-order chi connectivity index (χ0) is 23.8. The number of amides is 2. The second-order valence-corrected chi connectivity index (χ2v) is 10.8. The van der Waals surface area contributed by atoms with Gasteiger partial charge < -0.3 is 10.2 Å². The Morgan fingerprint density at radius 2 is 1.79 bits per heavy atom. The Bertz CT molecular complexity index is 1170. The number of carbonyl (C=O) groups excluding carboxylic acids is 2. The van der Waals surface area contributed by atoms with Gasteiger partial charge in [0.05, 0.1) is 4.90 Å². The quantitative estimate of drug-likeness (QED) is 0.725. The van der Waals surface area contributed by atoms with Crippen LogP contribution < -0.4 is 10.2 Å². The van der Waals surface area contributed by atoms with Gasteiger partial charge in [-0.1, -0.05) is 25.1 Å². The highest BCUT2D eigenvalue weighted by atomic mass is 32.2. The number of piperidine rings is 1. The topological polar surface area (TPSA) is 86.8 Å². The molecule has 7 nitrogen and oxygen atoms in total. The minimum atomic E-state index is -3.66. The van der Waals surface area contributed by atoms with E-state index in [0.717, 1.165) is 28.9 Å². The number of para-hydroxylation sites is 1. The molecule has 2 aliphatic rings. The molecule has 176 valence electrons. The van der Waals surface area contributed by atoms with Crippen molar-refractivity contribution < 1.29 is 18.0 Å². The smallest absolute Gasteiger partial charge is 0.243 e. The van der Waals surface area contributed by atoms with Gasteiger partial charge >= 0.3 is 0 Å². The van der Waals surface area contributed by atoms with Crippen molar-refractivity contribution in [3.8, 4) is 0 Å². The van der Waals surface area contributed by atoms with Gasteiger partial charge in [0.1, 0.15) is 0 Å². The standard InChI is InChI=1S/C25H31N3O4S/c1-4-19-7-5-6-8-23(19)26-25(30)20-11-13-27(14-12-20)33(31,32)22-9-10-24-21(16-22)15-17(2)28(24)18(3)29/h5-10,16-17,20H,4,11-15H2,1-3H3,(H,26,30)/t17-/m1/s1. The van der Waals surface area contributed by atoms with Crippen LogP contribution in [-0.2, 0) is 32.5 Å². The normalized spacial score (nSPS) is 19.4. The molecule has 4 rings (SSSR count). The van der Waals surface area contributed by atoms with Gasteiger partial charge in [-0.2, -0.15) is 4.31 Å². The number of nitrogens with one attached hydrogen (secondary N) is 1. The highest BCUT2D eigenvalue weighted by Crippen LogP contribution is 2.35. The number of benzene rings is 2.